The van der Waals surface area contributed by atoms with E-state index in [9.17, 15) is 35.7 Å². The molecule has 0 amide bonds. The standard InChI is InChI=1S/C36H26O7/c37-30-27(28-29(32(39)34(30)41)33(40)36(43)35(42)31(28)38)20-15-16-23-24(17-20)26(19-11-5-2-6-12-19)22-14-8-7-13-21(22)25(23)18-9-3-1-4-10-18/h1-9,11-18,37-43H,10H2. The Kier molecular flexibility index (Phi) is 5.85. The van der Waals surface area contributed by atoms with Gasteiger partial charge in [0, 0.05) is 16.9 Å². The van der Waals surface area contributed by atoms with E-state index in [0.29, 0.717) is 5.56 Å². The molecule has 1 aliphatic rings. The van der Waals surface area contributed by atoms with E-state index in [4.69, 9.17) is 0 Å². The average molecular weight is 571 g/mol. The maximum atomic E-state index is 11.1. The summed E-state index contributed by atoms with van der Waals surface area (Å²) in [6.45, 7) is 0. The minimum absolute atomic E-state index is 0.0981. The lowest BCUT2D eigenvalue weighted by Crippen LogP contribution is -2.01. The number of aromatic hydroxyl groups is 7. The number of phenolic OH excluding ortho intramolecular Hbond substituents is 7. The molecule has 1 aliphatic carbocycles. The lowest BCUT2D eigenvalue weighted by molar-refractivity contribution is 0.347. The summed E-state index contributed by atoms with van der Waals surface area (Å²) >= 11 is 0. The topological polar surface area (TPSA) is 142 Å². The molecule has 7 heteroatoms. The van der Waals surface area contributed by atoms with Gasteiger partial charge in [0.15, 0.2) is 23.0 Å². The summed E-state index contributed by atoms with van der Waals surface area (Å²) in [6, 6.07) is 23.5. The van der Waals surface area contributed by atoms with Gasteiger partial charge < -0.3 is 35.7 Å². The van der Waals surface area contributed by atoms with Gasteiger partial charge >= 0.3 is 0 Å². The summed E-state index contributed by atoms with van der Waals surface area (Å²) < 4.78 is 0. The van der Waals surface area contributed by atoms with Crippen LogP contribution in [0.1, 0.15) is 17.9 Å². The summed E-state index contributed by atoms with van der Waals surface area (Å²) in [5, 5.41) is 77.5. The van der Waals surface area contributed by atoms with Gasteiger partial charge in [0.1, 0.15) is 0 Å². The molecule has 0 radical (unpaired) electrons. The van der Waals surface area contributed by atoms with E-state index in [1.165, 1.54) is 0 Å². The largest absolute Gasteiger partial charge is 0.504 e. The molecular weight excluding hydrogens is 544 g/mol. The SMILES string of the molecule is Oc1c(O)c(O)c2c(-c3ccc4c(C5C=CC=CC5)c5ccccc5c(-c5ccccc5)c4c3)c(O)c(O)c(O)c2c1O. The van der Waals surface area contributed by atoms with Gasteiger partial charge in [-0.15, -0.1) is 0 Å². The molecule has 1 atom stereocenters. The smallest absolute Gasteiger partial charge is 0.205 e. The fourth-order valence-corrected chi connectivity index (χ4v) is 6.40. The van der Waals surface area contributed by atoms with Crippen molar-refractivity contribution >= 4 is 32.3 Å². The van der Waals surface area contributed by atoms with E-state index >= 15 is 0 Å². The normalized spacial score (nSPS) is 14.7. The Balaban J connectivity index is 1.66. The third kappa shape index (κ3) is 3.75. The first-order valence-electron chi connectivity index (χ1n) is 13.7. The van der Waals surface area contributed by atoms with Crippen molar-refractivity contribution in [3.05, 3.63) is 103 Å². The molecule has 0 heterocycles. The van der Waals surface area contributed by atoms with E-state index < -0.39 is 45.6 Å². The zero-order chi connectivity index (χ0) is 30.0. The van der Waals surface area contributed by atoms with Crippen LogP contribution in [0.25, 0.3) is 54.6 Å². The molecule has 7 N–H and O–H groups in total. The number of hydrogen-bond donors (Lipinski definition) is 7. The summed E-state index contributed by atoms with van der Waals surface area (Å²) in [7, 11) is 0. The second-order valence-electron chi connectivity index (χ2n) is 10.7. The van der Waals surface area contributed by atoms with Crippen LogP contribution in [-0.2, 0) is 0 Å². The Bertz CT molecular complexity index is 2170. The Morgan fingerprint density at radius 2 is 1.07 bits per heavy atom. The average Bonchev–Trinajstić information content (AvgIpc) is 3.04. The van der Waals surface area contributed by atoms with Crippen molar-refractivity contribution in [2.75, 3.05) is 0 Å². The highest BCUT2D eigenvalue weighted by atomic mass is 16.3. The molecule has 0 aliphatic heterocycles. The van der Waals surface area contributed by atoms with Crippen molar-refractivity contribution in [2.24, 2.45) is 0 Å². The van der Waals surface area contributed by atoms with Gasteiger partial charge in [-0.1, -0.05) is 91.0 Å². The van der Waals surface area contributed by atoms with Gasteiger partial charge in [0.05, 0.1) is 5.39 Å². The molecule has 1 unspecified atom stereocenters. The molecule has 0 saturated carbocycles. The highest BCUT2D eigenvalue weighted by Gasteiger charge is 2.30. The minimum atomic E-state index is -1.08. The van der Waals surface area contributed by atoms with Crippen LogP contribution in [-0.4, -0.2) is 35.7 Å². The number of phenols is 7. The lowest BCUT2D eigenvalue weighted by Gasteiger charge is -2.23. The van der Waals surface area contributed by atoms with Gasteiger partial charge in [0.2, 0.25) is 17.2 Å². The highest BCUT2D eigenvalue weighted by molar-refractivity contribution is 6.18. The molecule has 0 fully saturated rings. The summed E-state index contributed by atoms with van der Waals surface area (Å²) in [4.78, 5) is 0. The lowest BCUT2D eigenvalue weighted by atomic mass is 9.80. The van der Waals surface area contributed by atoms with E-state index in [1.54, 1.807) is 6.07 Å². The maximum absolute atomic E-state index is 11.1. The maximum Gasteiger partial charge on any atom is 0.205 e. The highest BCUT2D eigenvalue weighted by Crippen LogP contribution is 2.59. The fraction of sp³-hybridized carbons (Fsp3) is 0.0556. The quantitative estimate of drug-likeness (QED) is 0.0649. The van der Waals surface area contributed by atoms with Crippen LogP contribution >= 0.6 is 0 Å². The predicted molar refractivity (Wildman–Crippen MR) is 167 cm³/mol. The van der Waals surface area contributed by atoms with Crippen molar-refractivity contribution < 1.29 is 35.7 Å². The van der Waals surface area contributed by atoms with Crippen LogP contribution in [0.3, 0.4) is 0 Å². The van der Waals surface area contributed by atoms with Gasteiger partial charge in [-0.05, 0) is 56.3 Å². The zero-order valence-corrected chi connectivity index (χ0v) is 22.7. The molecule has 0 saturated heterocycles. The van der Waals surface area contributed by atoms with Gasteiger partial charge in [-0.3, -0.25) is 0 Å². The fourth-order valence-electron chi connectivity index (χ4n) is 6.40. The number of allylic oxidation sites excluding steroid dienone is 4. The third-order valence-corrected chi connectivity index (χ3v) is 8.34. The Labute approximate surface area is 245 Å². The molecule has 0 spiro atoms. The first-order valence-corrected chi connectivity index (χ1v) is 13.7. The Morgan fingerprint density at radius 3 is 1.74 bits per heavy atom. The molecule has 0 bridgehead atoms. The van der Waals surface area contributed by atoms with E-state index in [-0.39, 0.29) is 16.9 Å². The third-order valence-electron chi connectivity index (χ3n) is 8.34. The summed E-state index contributed by atoms with van der Waals surface area (Å²) in [5.74, 6) is -6.55. The Hall–Kier alpha value is -5.82. The van der Waals surface area contributed by atoms with E-state index in [0.717, 1.165) is 44.7 Å². The molecule has 7 rings (SSSR count). The number of rotatable bonds is 3. The molecule has 43 heavy (non-hydrogen) atoms. The number of benzene rings is 6. The van der Waals surface area contributed by atoms with Gasteiger partial charge in [0.25, 0.3) is 0 Å². The first kappa shape index (κ1) is 26.1. The van der Waals surface area contributed by atoms with Crippen LogP contribution in [0.5, 0.6) is 40.2 Å². The van der Waals surface area contributed by atoms with Crippen molar-refractivity contribution in [2.45, 2.75) is 12.3 Å². The molecule has 0 aromatic heterocycles. The molecule has 6 aromatic carbocycles. The van der Waals surface area contributed by atoms with Crippen LogP contribution in [0.2, 0.25) is 0 Å². The zero-order valence-electron chi connectivity index (χ0n) is 22.7. The molecular formula is C36H26O7. The monoisotopic (exact) mass is 570 g/mol. The van der Waals surface area contributed by atoms with E-state index in [2.05, 4.69) is 24.3 Å². The Morgan fingerprint density at radius 1 is 0.465 bits per heavy atom. The second-order valence-corrected chi connectivity index (χ2v) is 10.7. The molecule has 6 aromatic rings. The number of fused-ring (bicyclic) bond motifs is 3. The van der Waals surface area contributed by atoms with Crippen molar-refractivity contribution in [3.63, 3.8) is 0 Å². The number of hydrogen-bond acceptors (Lipinski definition) is 7. The summed E-state index contributed by atoms with van der Waals surface area (Å²) in [5.41, 5.74) is 3.19. The molecule has 212 valence electrons. The predicted octanol–water partition coefficient (Wildman–Crippen LogP) is 8.02. The minimum Gasteiger partial charge on any atom is -0.504 e. The van der Waals surface area contributed by atoms with Crippen molar-refractivity contribution in [1.82, 2.24) is 0 Å². The van der Waals surface area contributed by atoms with Gasteiger partial charge in [-0.2, -0.15) is 0 Å². The molecule has 7 nitrogen and oxygen atoms in total. The van der Waals surface area contributed by atoms with Crippen molar-refractivity contribution in [1.29, 1.82) is 0 Å². The van der Waals surface area contributed by atoms with E-state index in [1.807, 2.05) is 66.7 Å². The first-order chi connectivity index (χ1) is 20.8. The summed E-state index contributed by atoms with van der Waals surface area (Å²) in [6.07, 6.45) is 9.18. The van der Waals surface area contributed by atoms with Crippen LogP contribution in [0.4, 0.5) is 0 Å². The second kappa shape index (κ2) is 9.63. The van der Waals surface area contributed by atoms with Gasteiger partial charge in [-0.25, -0.2) is 0 Å². The van der Waals surface area contributed by atoms with Crippen LogP contribution in [0, 0.1) is 0 Å². The van der Waals surface area contributed by atoms with Crippen LogP contribution < -0.4 is 0 Å². The van der Waals surface area contributed by atoms with Crippen LogP contribution in [0.15, 0.2) is 97.1 Å². The van der Waals surface area contributed by atoms with Crippen molar-refractivity contribution in [3.8, 4) is 62.5 Å².